The highest BCUT2D eigenvalue weighted by atomic mass is 16.7. The first-order chi connectivity index (χ1) is 12.7. The lowest BCUT2D eigenvalue weighted by Gasteiger charge is -2.47. The normalized spacial score (nSPS) is 45.5. The third-order valence-corrected chi connectivity index (χ3v) is 4.60. The van der Waals surface area contributed by atoms with Crippen molar-refractivity contribution in [3.05, 3.63) is 0 Å². The summed E-state index contributed by atoms with van der Waals surface area (Å²) in [6, 6.07) is -1.04. The standard InChI is InChI=1S/C15H27NO11/c1-5(19)16-8-13(10(21)7(4-18)25-14(8)24-2)27-15-12(23)11(22)9(20)6(3-17)26-15/h6-15,17-18,20-23H,3-4H2,1-2H3,(H,16,19)/t6-,7-,8-,9+,10-,11+,12-,13-,14-,15+/m1/s1. The van der Waals surface area contributed by atoms with Crippen LogP contribution in [-0.2, 0) is 23.7 Å². The Bertz CT molecular complexity index is 492. The summed E-state index contributed by atoms with van der Waals surface area (Å²) in [6.45, 7) is -0.0132. The van der Waals surface area contributed by atoms with E-state index in [0.29, 0.717) is 0 Å². The molecule has 0 spiro atoms. The lowest BCUT2D eigenvalue weighted by atomic mass is 9.95. The van der Waals surface area contributed by atoms with E-state index in [1.807, 2.05) is 0 Å². The minimum absolute atomic E-state index is 0.484. The lowest BCUT2D eigenvalue weighted by molar-refractivity contribution is -0.343. The van der Waals surface area contributed by atoms with Crippen LogP contribution in [0.5, 0.6) is 0 Å². The van der Waals surface area contributed by atoms with E-state index in [1.54, 1.807) is 0 Å². The highest BCUT2D eigenvalue weighted by Crippen LogP contribution is 2.29. The summed E-state index contributed by atoms with van der Waals surface area (Å²) in [7, 11) is 1.29. The van der Waals surface area contributed by atoms with Crippen molar-refractivity contribution in [2.75, 3.05) is 20.3 Å². The number of carbonyl (C=O) groups is 1. The maximum Gasteiger partial charge on any atom is 0.217 e. The zero-order valence-corrected chi connectivity index (χ0v) is 14.9. The van der Waals surface area contributed by atoms with E-state index < -0.39 is 80.5 Å². The Morgan fingerprint density at radius 3 is 2.00 bits per heavy atom. The van der Waals surface area contributed by atoms with Gasteiger partial charge in [0.05, 0.1) is 13.2 Å². The van der Waals surface area contributed by atoms with Gasteiger partial charge in [-0.3, -0.25) is 4.79 Å². The number of ether oxygens (including phenoxy) is 4. The smallest absolute Gasteiger partial charge is 0.217 e. The minimum Gasteiger partial charge on any atom is -0.394 e. The summed E-state index contributed by atoms with van der Waals surface area (Å²) >= 11 is 0. The zero-order valence-electron chi connectivity index (χ0n) is 14.9. The van der Waals surface area contributed by atoms with Gasteiger partial charge in [-0.25, -0.2) is 0 Å². The van der Waals surface area contributed by atoms with Crippen LogP contribution in [0.4, 0.5) is 0 Å². The van der Waals surface area contributed by atoms with Crippen molar-refractivity contribution in [3.8, 4) is 0 Å². The van der Waals surface area contributed by atoms with Crippen molar-refractivity contribution in [1.82, 2.24) is 5.32 Å². The van der Waals surface area contributed by atoms with Gasteiger partial charge >= 0.3 is 0 Å². The quantitative estimate of drug-likeness (QED) is 0.228. The number of rotatable bonds is 6. The Labute approximate surface area is 155 Å². The summed E-state index contributed by atoms with van der Waals surface area (Å²) in [5.74, 6) is -0.484. The Kier molecular flexibility index (Phi) is 7.88. The van der Waals surface area contributed by atoms with E-state index in [0.717, 1.165) is 0 Å². The maximum absolute atomic E-state index is 11.5. The van der Waals surface area contributed by atoms with Gasteiger partial charge in [-0.2, -0.15) is 0 Å². The first kappa shape index (κ1) is 22.4. The van der Waals surface area contributed by atoms with Crippen molar-refractivity contribution in [2.45, 2.75) is 68.3 Å². The third kappa shape index (κ3) is 4.74. The summed E-state index contributed by atoms with van der Waals surface area (Å²) in [5, 5.41) is 61.5. The van der Waals surface area contributed by atoms with Gasteiger partial charge in [-0.05, 0) is 0 Å². The molecule has 2 aliphatic heterocycles. The molecule has 0 radical (unpaired) electrons. The van der Waals surface area contributed by atoms with Crippen molar-refractivity contribution >= 4 is 5.91 Å². The molecule has 2 saturated heterocycles. The second-order valence-electron chi connectivity index (χ2n) is 6.48. The summed E-state index contributed by atoms with van der Waals surface area (Å²) in [6.07, 6.45) is -12.7. The highest BCUT2D eigenvalue weighted by Gasteiger charge is 2.51. The van der Waals surface area contributed by atoms with E-state index in [9.17, 15) is 35.4 Å². The predicted octanol–water partition coefficient (Wildman–Crippen LogP) is -4.60. The average molecular weight is 397 g/mol. The molecule has 0 bridgehead atoms. The van der Waals surface area contributed by atoms with E-state index in [4.69, 9.17) is 18.9 Å². The van der Waals surface area contributed by atoms with Crippen LogP contribution in [0.1, 0.15) is 6.92 Å². The number of methoxy groups -OCH3 is 1. The summed E-state index contributed by atoms with van der Waals surface area (Å²) in [4.78, 5) is 11.5. The lowest BCUT2D eigenvalue weighted by Crippen LogP contribution is -2.68. The van der Waals surface area contributed by atoms with Crippen molar-refractivity contribution in [3.63, 3.8) is 0 Å². The van der Waals surface area contributed by atoms with E-state index in [-0.39, 0.29) is 0 Å². The predicted molar refractivity (Wildman–Crippen MR) is 85.0 cm³/mol. The second kappa shape index (κ2) is 9.52. The number of hydrogen-bond acceptors (Lipinski definition) is 11. The fraction of sp³-hybridized carbons (Fsp3) is 0.933. The van der Waals surface area contributed by atoms with Crippen molar-refractivity contribution in [2.24, 2.45) is 0 Å². The molecule has 0 aromatic carbocycles. The van der Waals surface area contributed by atoms with Gasteiger partial charge < -0.3 is 54.9 Å². The molecule has 12 nitrogen and oxygen atoms in total. The van der Waals surface area contributed by atoms with Crippen LogP contribution in [0.25, 0.3) is 0 Å². The fourth-order valence-electron chi connectivity index (χ4n) is 3.15. The van der Waals surface area contributed by atoms with Crippen LogP contribution in [0.3, 0.4) is 0 Å². The van der Waals surface area contributed by atoms with Crippen LogP contribution in [0.2, 0.25) is 0 Å². The van der Waals surface area contributed by atoms with Crippen LogP contribution in [0.15, 0.2) is 0 Å². The molecule has 2 aliphatic rings. The van der Waals surface area contributed by atoms with Crippen molar-refractivity contribution in [1.29, 1.82) is 0 Å². The van der Waals surface area contributed by atoms with E-state index in [2.05, 4.69) is 5.32 Å². The topological polar surface area (TPSA) is 187 Å². The van der Waals surface area contributed by atoms with Crippen molar-refractivity contribution < 1.29 is 54.4 Å². The molecular weight excluding hydrogens is 370 g/mol. The molecule has 0 aromatic heterocycles. The number of nitrogens with one attached hydrogen (secondary N) is 1. The first-order valence-corrected chi connectivity index (χ1v) is 8.45. The second-order valence-corrected chi connectivity index (χ2v) is 6.48. The van der Waals surface area contributed by atoms with Gasteiger partial charge in [-0.1, -0.05) is 0 Å². The van der Waals surface area contributed by atoms with Gasteiger partial charge in [0.1, 0.15) is 48.8 Å². The molecule has 2 fully saturated rings. The van der Waals surface area contributed by atoms with E-state index in [1.165, 1.54) is 14.0 Å². The molecule has 0 aromatic rings. The van der Waals surface area contributed by atoms with Gasteiger partial charge in [0.2, 0.25) is 5.91 Å². The van der Waals surface area contributed by atoms with Gasteiger partial charge in [-0.15, -0.1) is 0 Å². The Hall–Kier alpha value is -0.930. The number of hydrogen-bond donors (Lipinski definition) is 7. The number of aliphatic hydroxyl groups is 6. The summed E-state index contributed by atoms with van der Waals surface area (Å²) in [5.41, 5.74) is 0. The summed E-state index contributed by atoms with van der Waals surface area (Å²) < 4.78 is 21.4. The number of carbonyl (C=O) groups excluding carboxylic acids is 1. The minimum atomic E-state index is -1.70. The molecule has 27 heavy (non-hydrogen) atoms. The number of aliphatic hydroxyl groups excluding tert-OH is 6. The van der Waals surface area contributed by atoms with Gasteiger partial charge in [0.15, 0.2) is 12.6 Å². The molecule has 7 N–H and O–H groups in total. The van der Waals surface area contributed by atoms with Crippen LogP contribution in [0, 0.1) is 0 Å². The van der Waals surface area contributed by atoms with Gasteiger partial charge in [0.25, 0.3) is 0 Å². The molecule has 0 aliphatic carbocycles. The van der Waals surface area contributed by atoms with Crippen LogP contribution >= 0.6 is 0 Å². The zero-order chi connectivity index (χ0) is 20.3. The molecule has 12 heteroatoms. The molecule has 158 valence electrons. The number of amides is 1. The SMILES string of the molecule is CO[C@@H]1O[C@H](CO)[C@@H](O)[C@H](O[C@@H]2O[C@H](CO)[C@H](O)[C@H](O)[C@H]2O)[C@H]1NC(C)=O. The van der Waals surface area contributed by atoms with Gasteiger partial charge in [0, 0.05) is 14.0 Å². The molecule has 10 atom stereocenters. The van der Waals surface area contributed by atoms with E-state index >= 15 is 0 Å². The molecule has 0 saturated carbocycles. The Morgan fingerprint density at radius 1 is 0.926 bits per heavy atom. The largest absolute Gasteiger partial charge is 0.394 e. The highest BCUT2D eigenvalue weighted by molar-refractivity contribution is 5.73. The molecule has 0 unspecified atom stereocenters. The van der Waals surface area contributed by atoms with Crippen LogP contribution < -0.4 is 5.32 Å². The third-order valence-electron chi connectivity index (χ3n) is 4.60. The Balaban J connectivity index is 2.25. The fourth-order valence-corrected chi connectivity index (χ4v) is 3.15. The van der Waals surface area contributed by atoms with Crippen LogP contribution in [-0.4, -0.2) is 118 Å². The monoisotopic (exact) mass is 397 g/mol. The molecule has 1 amide bonds. The molecule has 2 heterocycles. The first-order valence-electron chi connectivity index (χ1n) is 8.45. The molecule has 2 rings (SSSR count). The average Bonchev–Trinajstić information content (AvgIpc) is 2.64. The molecular formula is C15H27NO11. The maximum atomic E-state index is 11.5. The Morgan fingerprint density at radius 2 is 1.48 bits per heavy atom.